The summed E-state index contributed by atoms with van der Waals surface area (Å²) in [6, 6.07) is 7.45. The summed E-state index contributed by atoms with van der Waals surface area (Å²) in [6.45, 7) is 0.907. The number of hydrogen-bond donors (Lipinski definition) is 0. The first-order chi connectivity index (χ1) is 9.75. The molecule has 102 valence electrons. The first-order valence-corrected chi connectivity index (χ1v) is 6.53. The van der Waals surface area contributed by atoms with E-state index in [-0.39, 0.29) is 11.7 Å². The van der Waals surface area contributed by atoms with Crippen molar-refractivity contribution < 1.29 is 4.92 Å². The highest BCUT2D eigenvalue weighted by Crippen LogP contribution is 2.34. The number of pyridine rings is 2. The fraction of sp³-hybridized carbons (Fsp3) is 0.286. The largest absolute Gasteiger partial charge is 0.350 e. The first-order valence-electron chi connectivity index (χ1n) is 6.53. The molecule has 1 atom stereocenters. The SMILES string of the molecule is O=[N+]([O-])c1ccc(N2CCC[C@H]2c2cccnc2)nc1. The van der Waals surface area contributed by atoms with Crippen molar-refractivity contribution in [1.29, 1.82) is 0 Å². The van der Waals surface area contributed by atoms with Crippen LogP contribution in [0.4, 0.5) is 11.5 Å². The van der Waals surface area contributed by atoms with Crippen LogP contribution >= 0.6 is 0 Å². The molecule has 3 heterocycles. The van der Waals surface area contributed by atoms with Crippen LogP contribution in [0.3, 0.4) is 0 Å². The van der Waals surface area contributed by atoms with E-state index in [1.807, 2.05) is 12.3 Å². The third-order valence-corrected chi connectivity index (χ3v) is 3.56. The minimum absolute atomic E-state index is 0.0193. The third kappa shape index (κ3) is 2.32. The van der Waals surface area contributed by atoms with E-state index in [9.17, 15) is 10.1 Å². The molecule has 0 spiro atoms. The Balaban J connectivity index is 1.87. The first kappa shape index (κ1) is 12.5. The van der Waals surface area contributed by atoms with Gasteiger partial charge in [-0.1, -0.05) is 6.07 Å². The topological polar surface area (TPSA) is 72.2 Å². The van der Waals surface area contributed by atoms with E-state index in [0.29, 0.717) is 0 Å². The molecular formula is C14H14N4O2. The van der Waals surface area contributed by atoms with Gasteiger partial charge in [0, 0.05) is 25.0 Å². The molecule has 0 N–H and O–H groups in total. The van der Waals surface area contributed by atoms with Gasteiger partial charge in [0.15, 0.2) is 0 Å². The quantitative estimate of drug-likeness (QED) is 0.633. The molecule has 6 heteroatoms. The highest BCUT2D eigenvalue weighted by atomic mass is 16.6. The summed E-state index contributed by atoms with van der Waals surface area (Å²) >= 11 is 0. The van der Waals surface area contributed by atoms with Gasteiger partial charge in [0.1, 0.15) is 12.0 Å². The van der Waals surface area contributed by atoms with Gasteiger partial charge in [-0.3, -0.25) is 15.1 Å². The lowest BCUT2D eigenvalue weighted by Crippen LogP contribution is -2.23. The molecule has 0 bridgehead atoms. The summed E-state index contributed by atoms with van der Waals surface area (Å²) in [5.74, 6) is 0.780. The van der Waals surface area contributed by atoms with Crippen LogP contribution in [-0.2, 0) is 0 Å². The van der Waals surface area contributed by atoms with Crippen molar-refractivity contribution in [2.24, 2.45) is 0 Å². The molecule has 0 aromatic carbocycles. The van der Waals surface area contributed by atoms with Gasteiger partial charge in [0.2, 0.25) is 0 Å². The molecule has 1 aliphatic rings. The summed E-state index contributed by atoms with van der Waals surface area (Å²) in [5, 5.41) is 10.7. The molecule has 3 rings (SSSR count). The Kier molecular flexibility index (Phi) is 3.28. The molecule has 1 fully saturated rings. The van der Waals surface area contributed by atoms with Gasteiger partial charge < -0.3 is 4.90 Å². The fourth-order valence-corrected chi connectivity index (χ4v) is 2.62. The van der Waals surface area contributed by atoms with Crippen LogP contribution in [0.2, 0.25) is 0 Å². The molecule has 0 unspecified atom stereocenters. The average Bonchev–Trinajstić information content (AvgIpc) is 2.97. The number of rotatable bonds is 3. The molecule has 0 saturated carbocycles. The smallest absolute Gasteiger partial charge is 0.287 e. The van der Waals surface area contributed by atoms with Crippen molar-refractivity contribution in [3.8, 4) is 0 Å². The zero-order valence-corrected chi connectivity index (χ0v) is 10.8. The summed E-state index contributed by atoms with van der Waals surface area (Å²) in [7, 11) is 0. The Morgan fingerprint density at radius 2 is 2.20 bits per heavy atom. The highest BCUT2D eigenvalue weighted by molar-refractivity contribution is 5.46. The lowest BCUT2D eigenvalue weighted by atomic mass is 10.1. The zero-order valence-electron chi connectivity index (χ0n) is 10.8. The molecule has 2 aromatic heterocycles. The van der Waals surface area contributed by atoms with Crippen molar-refractivity contribution in [2.75, 3.05) is 11.4 Å². The Bertz CT molecular complexity index is 600. The number of nitrogens with zero attached hydrogens (tertiary/aromatic N) is 4. The number of hydrogen-bond acceptors (Lipinski definition) is 5. The highest BCUT2D eigenvalue weighted by Gasteiger charge is 2.27. The van der Waals surface area contributed by atoms with E-state index >= 15 is 0 Å². The average molecular weight is 270 g/mol. The van der Waals surface area contributed by atoms with Gasteiger partial charge in [-0.15, -0.1) is 0 Å². The molecule has 2 aromatic rings. The maximum atomic E-state index is 10.7. The molecule has 0 radical (unpaired) electrons. The van der Waals surface area contributed by atoms with Crippen LogP contribution in [0.15, 0.2) is 42.9 Å². The predicted octanol–water partition coefficient (Wildman–Crippen LogP) is 2.73. The van der Waals surface area contributed by atoms with Crippen molar-refractivity contribution in [3.05, 3.63) is 58.5 Å². The van der Waals surface area contributed by atoms with E-state index < -0.39 is 4.92 Å². The fourth-order valence-electron chi connectivity index (χ4n) is 2.62. The Labute approximate surface area is 116 Å². The second kappa shape index (κ2) is 5.24. The van der Waals surface area contributed by atoms with Gasteiger partial charge in [-0.2, -0.15) is 0 Å². The van der Waals surface area contributed by atoms with Crippen LogP contribution in [0.1, 0.15) is 24.4 Å². The van der Waals surface area contributed by atoms with Crippen molar-refractivity contribution >= 4 is 11.5 Å². The third-order valence-electron chi connectivity index (χ3n) is 3.56. The van der Waals surface area contributed by atoms with Gasteiger partial charge in [0.05, 0.1) is 11.0 Å². The minimum Gasteiger partial charge on any atom is -0.350 e. The van der Waals surface area contributed by atoms with Crippen LogP contribution < -0.4 is 4.90 Å². The van der Waals surface area contributed by atoms with Gasteiger partial charge in [0.25, 0.3) is 5.69 Å². The molecule has 1 aliphatic heterocycles. The van der Waals surface area contributed by atoms with Gasteiger partial charge >= 0.3 is 0 Å². The number of nitro groups is 1. The van der Waals surface area contributed by atoms with E-state index in [0.717, 1.165) is 30.8 Å². The van der Waals surface area contributed by atoms with Crippen LogP contribution in [-0.4, -0.2) is 21.4 Å². The van der Waals surface area contributed by atoms with E-state index in [2.05, 4.69) is 20.9 Å². The predicted molar refractivity (Wildman–Crippen MR) is 74.4 cm³/mol. The molecule has 6 nitrogen and oxygen atoms in total. The number of anilines is 1. The maximum absolute atomic E-state index is 10.7. The molecule has 0 amide bonds. The lowest BCUT2D eigenvalue weighted by Gasteiger charge is -2.25. The monoisotopic (exact) mass is 270 g/mol. The number of aromatic nitrogens is 2. The summed E-state index contributed by atoms with van der Waals surface area (Å²) in [5.41, 5.74) is 1.18. The summed E-state index contributed by atoms with van der Waals surface area (Å²) < 4.78 is 0. The van der Waals surface area contributed by atoms with Crippen LogP contribution in [0.5, 0.6) is 0 Å². The van der Waals surface area contributed by atoms with Crippen molar-refractivity contribution in [2.45, 2.75) is 18.9 Å². The van der Waals surface area contributed by atoms with Crippen molar-refractivity contribution in [1.82, 2.24) is 9.97 Å². The van der Waals surface area contributed by atoms with Gasteiger partial charge in [-0.05, 0) is 30.5 Å². The summed E-state index contributed by atoms with van der Waals surface area (Å²) in [6.07, 6.45) is 7.07. The van der Waals surface area contributed by atoms with E-state index in [4.69, 9.17) is 0 Å². The second-order valence-corrected chi connectivity index (χ2v) is 4.77. The van der Waals surface area contributed by atoms with Crippen LogP contribution in [0, 0.1) is 10.1 Å². The molecule has 20 heavy (non-hydrogen) atoms. The van der Waals surface area contributed by atoms with E-state index in [1.165, 1.54) is 12.3 Å². The Morgan fingerprint density at radius 3 is 2.85 bits per heavy atom. The lowest BCUT2D eigenvalue weighted by molar-refractivity contribution is -0.385. The minimum atomic E-state index is -0.431. The zero-order chi connectivity index (χ0) is 13.9. The molecular weight excluding hydrogens is 256 g/mol. The second-order valence-electron chi connectivity index (χ2n) is 4.77. The summed E-state index contributed by atoms with van der Waals surface area (Å²) in [4.78, 5) is 20.8. The maximum Gasteiger partial charge on any atom is 0.287 e. The molecule has 0 aliphatic carbocycles. The van der Waals surface area contributed by atoms with Crippen LogP contribution in [0.25, 0.3) is 0 Å². The normalized spacial score (nSPS) is 18.2. The molecule has 1 saturated heterocycles. The van der Waals surface area contributed by atoms with Gasteiger partial charge in [-0.25, -0.2) is 4.98 Å². The van der Waals surface area contributed by atoms with Crippen molar-refractivity contribution in [3.63, 3.8) is 0 Å². The van der Waals surface area contributed by atoms with E-state index in [1.54, 1.807) is 12.3 Å². The Hall–Kier alpha value is -2.50. The standard InChI is InChI=1S/C14H14N4O2/c19-18(20)12-5-6-14(16-10-12)17-8-2-4-13(17)11-3-1-7-15-9-11/h1,3,5-7,9-10,13H,2,4,8H2/t13-/m0/s1. The Morgan fingerprint density at radius 1 is 1.30 bits per heavy atom.